The summed E-state index contributed by atoms with van der Waals surface area (Å²) in [5.41, 5.74) is 7.56. The maximum absolute atomic E-state index is 12.2. The van der Waals surface area contributed by atoms with Gasteiger partial charge < -0.3 is 10.5 Å². The highest BCUT2D eigenvalue weighted by atomic mass is 32.2. The zero-order valence-electron chi connectivity index (χ0n) is 10.0. The molecule has 0 saturated carbocycles. The van der Waals surface area contributed by atoms with Crippen molar-refractivity contribution in [1.29, 1.82) is 0 Å². The molecule has 0 spiro atoms. The van der Waals surface area contributed by atoms with Gasteiger partial charge >= 0.3 is 0 Å². The average Bonchev–Trinajstić information content (AvgIpc) is 2.25. The monoisotopic (exact) mass is 241 g/mol. The summed E-state index contributed by atoms with van der Waals surface area (Å²) in [6, 6.07) is 5.65. The van der Waals surface area contributed by atoms with Crippen LogP contribution in [0.1, 0.15) is 18.9 Å². The van der Waals surface area contributed by atoms with Gasteiger partial charge in [-0.1, -0.05) is 13.0 Å². The number of methoxy groups -OCH3 is 1. The fourth-order valence-electron chi connectivity index (χ4n) is 1.46. The number of aryl methyl sites for hydroxylation is 1. The highest BCUT2D eigenvalue weighted by Gasteiger charge is 2.15. The van der Waals surface area contributed by atoms with E-state index >= 15 is 0 Å². The molecule has 90 valence electrons. The molecule has 1 aromatic carbocycles. The zero-order chi connectivity index (χ0) is 12.1. The quantitative estimate of drug-likeness (QED) is 0.803. The van der Waals surface area contributed by atoms with Crippen LogP contribution in [0, 0.1) is 6.92 Å². The van der Waals surface area contributed by atoms with E-state index in [9.17, 15) is 4.21 Å². The Labute approximate surface area is 99.4 Å². The summed E-state index contributed by atoms with van der Waals surface area (Å²) in [7, 11) is 0.594. The van der Waals surface area contributed by atoms with Crippen LogP contribution < -0.4 is 5.73 Å². The van der Waals surface area contributed by atoms with Crippen molar-refractivity contribution in [3.8, 4) is 0 Å². The SMILES string of the molecule is COCCC(C)S(=O)c1ccc(C)cc1N. The second-order valence-electron chi connectivity index (χ2n) is 3.93. The molecule has 0 saturated heterocycles. The number of nitrogen functional groups attached to an aromatic ring is 1. The Morgan fingerprint density at radius 2 is 2.19 bits per heavy atom. The van der Waals surface area contributed by atoms with Crippen LogP contribution in [0.3, 0.4) is 0 Å². The Morgan fingerprint density at radius 1 is 1.50 bits per heavy atom. The van der Waals surface area contributed by atoms with Crippen LogP contribution in [0.4, 0.5) is 5.69 Å². The minimum absolute atomic E-state index is 0.0601. The Hall–Kier alpha value is -0.870. The van der Waals surface area contributed by atoms with E-state index in [2.05, 4.69) is 0 Å². The van der Waals surface area contributed by atoms with E-state index in [0.717, 1.165) is 16.9 Å². The van der Waals surface area contributed by atoms with Crippen LogP contribution in [0.15, 0.2) is 23.1 Å². The number of hydrogen-bond donors (Lipinski definition) is 1. The molecule has 1 aromatic rings. The smallest absolute Gasteiger partial charge is 0.0620 e. The van der Waals surface area contributed by atoms with Crippen molar-refractivity contribution < 1.29 is 8.95 Å². The van der Waals surface area contributed by atoms with Crippen LogP contribution in [-0.2, 0) is 15.5 Å². The fraction of sp³-hybridized carbons (Fsp3) is 0.500. The molecule has 2 N–H and O–H groups in total. The third-order valence-corrected chi connectivity index (χ3v) is 4.25. The van der Waals surface area contributed by atoms with Crippen molar-refractivity contribution in [2.45, 2.75) is 30.4 Å². The number of anilines is 1. The second-order valence-corrected chi connectivity index (χ2v) is 5.77. The lowest BCUT2D eigenvalue weighted by Crippen LogP contribution is -2.14. The van der Waals surface area contributed by atoms with E-state index in [1.54, 1.807) is 7.11 Å². The van der Waals surface area contributed by atoms with Crippen LogP contribution in [0.5, 0.6) is 0 Å². The number of hydrogen-bond acceptors (Lipinski definition) is 3. The number of benzene rings is 1. The molecule has 4 heteroatoms. The highest BCUT2D eigenvalue weighted by Crippen LogP contribution is 2.21. The number of ether oxygens (including phenoxy) is 1. The van der Waals surface area contributed by atoms with E-state index in [1.807, 2.05) is 32.0 Å². The third kappa shape index (κ3) is 3.32. The molecule has 2 unspecified atom stereocenters. The lowest BCUT2D eigenvalue weighted by molar-refractivity contribution is 0.195. The molecule has 2 atom stereocenters. The van der Waals surface area contributed by atoms with E-state index in [-0.39, 0.29) is 5.25 Å². The number of nitrogens with two attached hydrogens (primary N) is 1. The Kier molecular flexibility index (Phi) is 4.96. The highest BCUT2D eigenvalue weighted by molar-refractivity contribution is 7.85. The van der Waals surface area contributed by atoms with Crippen molar-refractivity contribution in [2.75, 3.05) is 19.5 Å². The summed E-state index contributed by atoms with van der Waals surface area (Å²) < 4.78 is 17.1. The molecule has 0 fully saturated rings. The molecule has 0 aliphatic carbocycles. The van der Waals surface area contributed by atoms with Gasteiger partial charge in [-0.25, -0.2) is 0 Å². The van der Waals surface area contributed by atoms with Gasteiger partial charge in [0.15, 0.2) is 0 Å². The van der Waals surface area contributed by atoms with E-state index in [1.165, 1.54) is 0 Å². The summed E-state index contributed by atoms with van der Waals surface area (Å²) in [6.07, 6.45) is 0.774. The Balaban J connectivity index is 2.79. The van der Waals surface area contributed by atoms with Crippen molar-refractivity contribution in [2.24, 2.45) is 0 Å². The van der Waals surface area contributed by atoms with Gasteiger partial charge in [0.05, 0.1) is 15.7 Å². The van der Waals surface area contributed by atoms with Crippen molar-refractivity contribution >= 4 is 16.5 Å². The summed E-state index contributed by atoms with van der Waals surface area (Å²) in [5, 5.41) is 0.0601. The Morgan fingerprint density at radius 3 is 2.75 bits per heavy atom. The standard InChI is InChI=1S/C12H19NO2S/c1-9-4-5-12(11(13)8-9)16(14)10(2)6-7-15-3/h4-5,8,10H,6-7,13H2,1-3H3. The van der Waals surface area contributed by atoms with E-state index in [0.29, 0.717) is 12.3 Å². The van der Waals surface area contributed by atoms with Crippen molar-refractivity contribution in [3.63, 3.8) is 0 Å². The molecule has 16 heavy (non-hydrogen) atoms. The van der Waals surface area contributed by atoms with Gasteiger partial charge in [-0.15, -0.1) is 0 Å². The normalized spacial score (nSPS) is 14.7. The lowest BCUT2D eigenvalue weighted by atomic mass is 10.2. The predicted octanol–water partition coefficient (Wildman–Crippen LogP) is 2.11. The molecule has 0 heterocycles. The van der Waals surface area contributed by atoms with Gasteiger partial charge in [0.1, 0.15) is 0 Å². The summed E-state index contributed by atoms with van der Waals surface area (Å²) in [4.78, 5) is 0.731. The van der Waals surface area contributed by atoms with E-state index < -0.39 is 10.8 Å². The van der Waals surface area contributed by atoms with Crippen molar-refractivity contribution in [1.82, 2.24) is 0 Å². The predicted molar refractivity (Wildman–Crippen MR) is 68.0 cm³/mol. The maximum atomic E-state index is 12.2. The third-order valence-electron chi connectivity index (χ3n) is 2.48. The van der Waals surface area contributed by atoms with Gasteiger partial charge in [0.25, 0.3) is 0 Å². The van der Waals surface area contributed by atoms with Gasteiger partial charge in [-0.3, -0.25) is 4.21 Å². The second kappa shape index (κ2) is 6.01. The Bertz CT molecular complexity index is 379. The van der Waals surface area contributed by atoms with Crippen LogP contribution >= 0.6 is 0 Å². The first-order valence-corrected chi connectivity index (χ1v) is 6.53. The maximum Gasteiger partial charge on any atom is 0.0620 e. The topological polar surface area (TPSA) is 52.3 Å². The molecule has 0 radical (unpaired) electrons. The number of rotatable bonds is 5. The average molecular weight is 241 g/mol. The van der Waals surface area contributed by atoms with Crippen molar-refractivity contribution in [3.05, 3.63) is 23.8 Å². The lowest BCUT2D eigenvalue weighted by Gasteiger charge is -2.12. The molecular formula is C12H19NO2S. The molecule has 0 amide bonds. The summed E-state index contributed by atoms with van der Waals surface area (Å²) in [5.74, 6) is 0. The molecule has 1 rings (SSSR count). The van der Waals surface area contributed by atoms with Gasteiger partial charge in [0, 0.05) is 24.7 Å². The molecule has 0 bridgehead atoms. The molecule has 0 aliphatic rings. The minimum Gasteiger partial charge on any atom is -0.398 e. The zero-order valence-corrected chi connectivity index (χ0v) is 10.8. The molecule has 0 aliphatic heterocycles. The first-order chi connectivity index (χ1) is 7.56. The molecular weight excluding hydrogens is 222 g/mol. The minimum atomic E-state index is -1.05. The van der Waals surface area contributed by atoms with Gasteiger partial charge in [0.2, 0.25) is 0 Å². The fourth-order valence-corrected chi connectivity index (χ4v) is 2.70. The van der Waals surface area contributed by atoms with E-state index in [4.69, 9.17) is 10.5 Å². The van der Waals surface area contributed by atoms with Gasteiger partial charge in [-0.05, 0) is 31.0 Å². The van der Waals surface area contributed by atoms with Gasteiger partial charge in [-0.2, -0.15) is 0 Å². The van der Waals surface area contributed by atoms with Crippen LogP contribution in [-0.4, -0.2) is 23.2 Å². The van der Waals surface area contributed by atoms with Crippen LogP contribution in [0.25, 0.3) is 0 Å². The first kappa shape index (κ1) is 13.2. The summed E-state index contributed by atoms with van der Waals surface area (Å²) >= 11 is 0. The summed E-state index contributed by atoms with van der Waals surface area (Å²) in [6.45, 7) is 4.55. The molecule has 0 aromatic heterocycles. The molecule has 3 nitrogen and oxygen atoms in total. The van der Waals surface area contributed by atoms with Crippen LogP contribution in [0.2, 0.25) is 0 Å². The largest absolute Gasteiger partial charge is 0.398 e. The first-order valence-electron chi connectivity index (χ1n) is 5.32.